The number of hydrogen-bond acceptors (Lipinski definition) is 2. The molecule has 1 saturated carbocycles. The summed E-state index contributed by atoms with van der Waals surface area (Å²) < 4.78 is 0. The Labute approximate surface area is 143 Å². The van der Waals surface area contributed by atoms with Gasteiger partial charge in [-0.25, -0.2) is 0 Å². The van der Waals surface area contributed by atoms with Crippen LogP contribution >= 0.6 is 11.6 Å². The molecule has 2 aliphatic rings. The first-order valence-corrected chi connectivity index (χ1v) is 8.95. The highest BCUT2D eigenvalue weighted by Crippen LogP contribution is 2.47. The average molecular weight is 327 g/mol. The van der Waals surface area contributed by atoms with Gasteiger partial charge in [-0.1, -0.05) is 41.9 Å². The van der Waals surface area contributed by atoms with Crippen LogP contribution in [0.3, 0.4) is 0 Å². The SMILES string of the molecule is Clc1ccc(N2CCN(C[C@@H]3C[C@H]3c3ccccc3)CC2)cc1. The van der Waals surface area contributed by atoms with Crippen LogP contribution in [0.4, 0.5) is 5.69 Å². The van der Waals surface area contributed by atoms with E-state index in [2.05, 4.69) is 52.3 Å². The Morgan fingerprint density at radius 1 is 0.870 bits per heavy atom. The molecule has 3 heteroatoms. The molecule has 2 atom stereocenters. The van der Waals surface area contributed by atoms with Crippen molar-refractivity contribution in [2.75, 3.05) is 37.6 Å². The Morgan fingerprint density at radius 3 is 2.26 bits per heavy atom. The molecule has 4 rings (SSSR count). The first kappa shape index (κ1) is 15.0. The maximum absolute atomic E-state index is 5.98. The predicted molar refractivity (Wildman–Crippen MR) is 97.4 cm³/mol. The van der Waals surface area contributed by atoms with Crippen LogP contribution < -0.4 is 4.90 Å². The summed E-state index contributed by atoms with van der Waals surface area (Å²) >= 11 is 5.98. The van der Waals surface area contributed by atoms with E-state index in [1.54, 1.807) is 0 Å². The highest BCUT2D eigenvalue weighted by atomic mass is 35.5. The van der Waals surface area contributed by atoms with Gasteiger partial charge in [-0.05, 0) is 48.1 Å². The van der Waals surface area contributed by atoms with Gasteiger partial charge >= 0.3 is 0 Å². The zero-order valence-electron chi connectivity index (χ0n) is 13.4. The quantitative estimate of drug-likeness (QED) is 0.828. The van der Waals surface area contributed by atoms with Crippen molar-refractivity contribution in [3.05, 3.63) is 65.2 Å². The molecule has 0 amide bonds. The fraction of sp³-hybridized carbons (Fsp3) is 0.400. The van der Waals surface area contributed by atoms with Crippen LogP contribution in [-0.4, -0.2) is 37.6 Å². The highest BCUT2D eigenvalue weighted by Gasteiger charge is 2.39. The van der Waals surface area contributed by atoms with E-state index in [1.165, 1.54) is 37.3 Å². The molecule has 2 fully saturated rings. The van der Waals surface area contributed by atoms with Gasteiger partial charge in [0.2, 0.25) is 0 Å². The molecule has 0 N–H and O–H groups in total. The third-order valence-corrected chi connectivity index (χ3v) is 5.46. The third kappa shape index (κ3) is 3.54. The average Bonchev–Trinajstić information content (AvgIpc) is 3.36. The van der Waals surface area contributed by atoms with Gasteiger partial charge in [0.15, 0.2) is 0 Å². The predicted octanol–water partition coefficient (Wildman–Crippen LogP) is 4.27. The summed E-state index contributed by atoms with van der Waals surface area (Å²) in [7, 11) is 0. The molecule has 1 saturated heterocycles. The maximum Gasteiger partial charge on any atom is 0.0407 e. The van der Waals surface area contributed by atoms with Gasteiger partial charge < -0.3 is 4.90 Å². The van der Waals surface area contributed by atoms with Gasteiger partial charge in [-0.3, -0.25) is 4.90 Å². The molecule has 23 heavy (non-hydrogen) atoms. The minimum absolute atomic E-state index is 0.797. The number of halogens is 1. The molecule has 1 aliphatic heterocycles. The van der Waals surface area contributed by atoms with Crippen LogP contribution in [0.1, 0.15) is 17.9 Å². The Bertz CT molecular complexity index is 632. The zero-order valence-corrected chi connectivity index (χ0v) is 14.1. The lowest BCUT2D eigenvalue weighted by Gasteiger charge is -2.36. The second-order valence-corrected chi connectivity index (χ2v) is 7.21. The first-order chi connectivity index (χ1) is 11.3. The minimum Gasteiger partial charge on any atom is -0.369 e. The summed E-state index contributed by atoms with van der Waals surface area (Å²) in [6.45, 7) is 5.82. The molecule has 2 aromatic rings. The number of rotatable bonds is 4. The Morgan fingerprint density at radius 2 is 1.57 bits per heavy atom. The van der Waals surface area contributed by atoms with Crippen molar-refractivity contribution in [1.82, 2.24) is 4.90 Å². The molecule has 1 heterocycles. The number of piperazine rings is 1. The lowest BCUT2D eigenvalue weighted by molar-refractivity contribution is 0.246. The van der Waals surface area contributed by atoms with Crippen molar-refractivity contribution in [3.63, 3.8) is 0 Å². The van der Waals surface area contributed by atoms with E-state index in [4.69, 9.17) is 11.6 Å². The standard InChI is InChI=1S/C20H23ClN2/c21-18-6-8-19(9-7-18)23-12-10-22(11-13-23)15-17-14-20(17)16-4-2-1-3-5-16/h1-9,17,20H,10-15H2/t17-,20-/m0/s1. The fourth-order valence-electron chi connectivity index (χ4n) is 3.73. The van der Waals surface area contributed by atoms with Gasteiger partial charge in [0.25, 0.3) is 0 Å². The highest BCUT2D eigenvalue weighted by molar-refractivity contribution is 6.30. The summed E-state index contributed by atoms with van der Waals surface area (Å²) in [5.74, 6) is 1.66. The minimum atomic E-state index is 0.797. The third-order valence-electron chi connectivity index (χ3n) is 5.21. The van der Waals surface area contributed by atoms with E-state index in [0.717, 1.165) is 29.9 Å². The summed E-state index contributed by atoms with van der Waals surface area (Å²) in [5, 5.41) is 0.813. The van der Waals surface area contributed by atoms with Crippen molar-refractivity contribution in [3.8, 4) is 0 Å². The van der Waals surface area contributed by atoms with Crippen LogP contribution in [0.25, 0.3) is 0 Å². The van der Waals surface area contributed by atoms with Crippen molar-refractivity contribution in [1.29, 1.82) is 0 Å². The van der Waals surface area contributed by atoms with E-state index >= 15 is 0 Å². The van der Waals surface area contributed by atoms with Gasteiger partial charge in [0, 0.05) is 43.4 Å². The van der Waals surface area contributed by atoms with Gasteiger partial charge in [0.05, 0.1) is 0 Å². The lowest BCUT2D eigenvalue weighted by atomic mass is 10.1. The van der Waals surface area contributed by atoms with Crippen LogP contribution in [-0.2, 0) is 0 Å². The van der Waals surface area contributed by atoms with Gasteiger partial charge in [-0.2, -0.15) is 0 Å². The molecular weight excluding hydrogens is 304 g/mol. The van der Waals surface area contributed by atoms with Crippen molar-refractivity contribution in [2.24, 2.45) is 5.92 Å². The maximum atomic E-state index is 5.98. The smallest absolute Gasteiger partial charge is 0.0407 e. The Balaban J connectivity index is 1.27. The number of anilines is 1. The van der Waals surface area contributed by atoms with E-state index < -0.39 is 0 Å². The molecule has 1 aliphatic carbocycles. The molecular formula is C20H23ClN2. The molecule has 0 bridgehead atoms. The summed E-state index contributed by atoms with van der Waals surface area (Å²) in [6.07, 6.45) is 1.36. The Kier molecular flexibility index (Phi) is 4.28. The van der Waals surface area contributed by atoms with Crippen molar-refractivity contribution < 1.29 is 0 Å². The van der Waals surface area contributed by atoms with Crippen LogP contribution in [0.2, 0.25) is 5.02 Å². The lowest BCUT2D eigenvalue weighted by Crippen LogP contribution is -2.47. The molecule has 0 unspecified atom stereocenters. The van der Waals surface area contributed by atoms with E-state index in [1.807, 2.05) is 12.1 Å². The molecule has 0 spiro atoms. The second kappa shape index (κ2) is 6.54. The number of hydrogen-bond donors (Lipinski definition) is 0. The van der Waals surface area contributed by atoms with Crippen LogP contribution in [0.15, 0.2) is 54.6 Å². The number of nitrogens with zero attached hydrogens (tertiary/aromatic N) is 2. The zero-order chi connectivity index (χ0) is 15.6. The summed E-state index contributed by atoms with van der Waals surface area (Å²) in [6, 6.07) is 19.2. The van der Waals surface area contributed by atoms with Crippen molar-refractivity contribution in [2.45, 2.75) is 12.3 Å². The van der Waals surface area contributed by atoms with Gasteiger partial charge in [0.1, 0.15) is 0 Å². The largest absolute Gasteiger partial charge is 0.369 e. The topological polar surface area (TPSA) is 6.48 Å². The van der Waals surface area contributed by atoms with E-state index in [-0.39, 0.29) is 0 Å². The summed E-state index contributed by atoms with van der Waals surface area (Å²) in [5.41, 5.74) is 2.82. The normalized spacial score (nSPS) is 24.7. The van der Waals surface area contributed by atoms with Crippen LogP contribution in [0, 0.1) is 5.92 Å². The molecule has 2 nitrogen and oxygen atoms in total. The van der Waals surface area contributed by atoms with E-state index in [9.17, 15) is 0 Å². The second-order valence-electron chi connectivity index (χ2n) is 6.78. The van der Waals surface area contributed by atoms with E-state index in [0.29, 0.717) is 0 Å². The molecule has 0 radical (unpaired) electrons. The summed E-state index contributed by atoms with van der Waals surface area (Å²) in [4.78, 5) is 5.11. The molecule has 120 valence electrons. The van der Waals surface area contributed by atoms with Crippen LogP contribution in [0.5, 0.6) is 0 Å². The monoisotopic (exact) mass is 326 g/mol. The Hall–Kier alpha value is -1.51. The molecule has 0 aromatic heterocycles. The fourth-order valence-corrected chi connectivity index (χ4v) is 3.86. The van der Waals surface area contributed by atoms with Gasteiger partial charge in [-0.15, -0.1) is 0 Å². The first-order valence-electron chi connectivity index (χ1n) is 8.57. The van der Waals surface area contributed by atoms with Crippen molar-refractivity contribution >= 4 is 17.3 Å². The number of benzene rings is 2. The molecule has 2 aromatic carbocycles.